The highest BCUT2D eigenvalue weighted by Gasteiger charge is 2.14. The van der Waals surface area contributed by atoms with Crippen LogP contribution in [0.2, 0.25) is 0 Å². The summed E-state index contributed by atoms with van der Waals surface area (Å²) in [5.74, 6) is -0.130. The van der Waals surface area contributed by atoms with Crippen LogP contribution < -0.4 is 10.9 Å². The van der Waals surface area contributed by atoms with E-state index in [9.17, 15) is 9.59 Å². The summed E-state index contributed by atoms with van der Waals surface area (Å²) in [5.41, 5.74) is 3.74. The van der Waals surface area contributed by atoms with E-state index in [-0.39, 0.29) is 11.5 Å². The molecule has 0 bridgehead atoms. The highest BCUT2D eigenvalue weighted by atomic mass is 16.1. The summed E-state index contributed by atoms with van der Waals surface area (Å²) in [6.45, 7) is 2.76. The minimum absolute atomic E-state index is 0.0924. The van der Waals surface area contributed by atoms with Gasteiger partial charge >= 0.3 is 0 Å². The van der Waals surface area contributed by atoms with E-state index in [4.69, 9.17) is 0 Å². The average molecular weight is 297 g/mol. The van der Waals surface area contributed by atoms with Crippen LogP contribution in [-0.4, -0.2) is 22.2 Å². The Balaban J connectivity index is 1.60. The molecule has 1 aliphatic rings. The monoisotopic (exact) mass is 297 g/mol. The number of aromatic nitrogens is 2. The van der Waals surface area contributed by atoms with Crippen molar-refractivity contribution in [2.75, 3.05) is 6.54 Å². The zero-order valence-corrected chi connectivity index (χ0v) is 12.6. The van der Waals surface area contributed by atoms with Crippen molar-refractivity contribution in [1.82, 2.24) is 15.1 Å². The first kappa shape index (κ1) is 14.5. The normalized spacial score (nSPS) is 13.0. The van der Waals surface area contributed by atoms with E-state index >= 15 is 0 Å². The lowest BCUT2D eigenvalue weighted by molar-refractivity contribution is 0.0951. The zero-order valence-electron chi connectivity index (χ0n) is 12.6. The van der Waals surface area contributed by atoms with Crippen LogP contribution in [0.15, 0.2) is 35.1 Å². The quantitative estimate of drug-likeness (QED) is 0.929. The van der Waals surface area contributed by atoms with Gasteiger partial charge in [-0.15, -0.1) is 0 Å². The molecule has 2 aromatic rings. The molecule has 1 amide bonds. The molecule has 1 aliphatic carbocycles. The Kier molecular flexibility index (Phi) is 4.04. The van der Waals surface area contributed by atoms with Crippen LogP contribution in [0.3, 0.4) is 0 Å². The summed E-state index contributed by atoms with van der Waals surface area (Å²) in [7, 11) is 0. The van der Waals surface area contributed by atoms with Crippen LogP contribution in [0, 0.1) is 6.92 Å². The van der Waals surface area contributed by atoms with Gasteiger partial charge in [0.25, 0.3) is 11.5 Å². The Morgan fingerprint density at radius 3 is 2.82 bits per heavy atom. The third kappa shape index (κ3) is 3.08. The number of benzene rings is 1. The third-order valence-electron chi connectivity index (χ3n) is 3.95. The third-order valence-corrected chi connectivity index (χ3v) is 3.95. The van der Waals surface area contributed by atoms with E-state index in [0.29, 0.717) is 18.7 Å². The van der Waals surface area contributed by atoms with Gasteiger partial charge in [0.15, 0.2) is 0 Å². The van der Waals surface area contributed by atoms with Gasteiger partial charge in [-0.3, -0.25) is 9.59 Å². The molecule has 0 spiro atoms. The van der Waals surface area contributed by atoms with Gasteiger partial charge in [0.05, 0.1) is 12.2 Å². The van der Waals surface area contributed by atoms with Crippen molar-refractivity contribution < 1.29 is 4.79 Å². The Bertz CT molecular complexity index is 747. The van der Waals surface area contributed by atoms with Crippen molar-refractivity contribution in [2.24, 2.45) is 0 Å². The molecule has 0 aliphatic heterocycles. The SMILES string of the molecule is Cc1ccc(C(=O)NCCn2nc3c(cc2=O)CCC3)cc1. The molecule has 0 fully saturated rings. The molecule has 1 heterocycles. The smallest absolute Gasteiger partial charge is 0.267 e. The number of aryl methyl sites for hydroxylation is 3. The molecule has 1 aromatic heterocycles. The van der Waals surface area contributed by atoms with Crippen molar-refractivity contribution >= 4 is 5.91 Å². The maximum absolute atomic E-state index is 12.0. The van der Waals surface area contributed by atoms with Gasteiger partial charge in [-0.25, -0.2) is 4.68 Å². The number of nitrogens with zero attached hydrogens (tertiary/aromatic N) is 2. The number of hydrogen-bond donors (Lipinski definition) is 1. The average Bonchev–Trinajstić information content (AvgIpc) is 2.95. The first-order valence-corrected chi connectivity index (χ1v) is 7.58. The van der Waals surface area contributed by atoms with Crippen molar-refractivity contribution in [2.45, 2.75) is 32.7 Å². The van der Waals surface area contributed by atoms with Crippen LogP contribution in [0.5, 0.6) is 0 Å². The highest BCUT2D eigenvalue weighted by Crippen LogP contribution is 2.16. The van der Waals surface area contributed by atoms with E-state index in [1.54, 1.807) is 18.2 Å². The standard InChI is InChI=1S/C17H19N3O2/c1-12-5-7-13(8-6-12)17(22)18-9-10-20-16(21)11-14-3-2-4-15(14)19-20/h5-8,11H,2-4,9-10H2,1H3,(H,18,22). The topological polar surface area (TPSA) is 64.0 Å². The molecular formula is C17H19N3O2. The predicted octanol–water partition coefficient (Wildman–Crippen LogP) is 1.47. The molecule has 3 rings (SSSR count). The summed E-state index contributed by atoms with van der Waals surface area (Å²) in [6, 6.07) is 9.08. The highest BCUT2D eigenvalue weighted by molar-refractivity contribution is 5.94. The van der Waals surface area contributed by atoms with E-state index in [2.05, 4.69) is 10.4 Å². The van der Waals surface area contributed by atoms with Crippen LogP contribution >= 0.6 is 0 Å². The van der Waals surface area contributed by atoms with Crippen molar-refractivity contribution in [3.63, 3.8) is 0 Å². The molecular weight excluding hydrogens is 278 g/mol. The van der Waals surface area contributed by atoms with Crippen molar-refractivity contribution in [1.29, 1.82) is 0 Å². The first-order valence-electron chi connectivity index (χ1n) is 7.58. The van der Waals surface area contributed by atoms with Gasteiger partial charge in [0.2, 0.25) is 0 Å². The van der Waals surface area contributed by atoms with Gasteiger partial charge < -0.3 is 5.32 Å². The molecule has 0 unspecified atom stereocenters. The molecule has 0 saturated heterocycles. The van der Waals surface area contributed by atoms with Gasteiger partial charge in [0.1, 0.15) is 0 Å². The fraction of sp³-hybridized carbons (Fsp3) is 0.353. The first-order chi connectivity index (χ1) is 10.6. The second-order valence-corrected chi connectivity index (χ2v) is 5.65. The second-order valence-electron chi connectivity index (χ2n) is 5.65. The molecule has 5 nitrogen and oxygen atoms in total. The summed E-state index contributed by atoms with van der Waals surface area (Å²) in [5, 5.41) is 7.21. The van der Waals surface area contributed by atoms with Crippen molar-refractivity contribution in [3.05, 3.63) is 63.1 Å². The Hall–Kier alpha value is -2.43. The largest absolute Gasteiger partial charge is 0.350 e. The lowest BCUT2D eigenvalue weighted by Gasteiger charge is -2.08. The van der Waals surface area contributed by atoms with Crippen LogP contribution in [-0.2, 0) is 19.4 Å². The zero-order chi connectivity index (χ0) is 15.5. The molecule has 0 radical (unpaired) electrons. The van der Waals surface area contributed by atoms with Crippen molar-refractivity contribution in [3.8, 4) is 0 Å². The number of rotatable bonds is 4. The predicted molar refractivity (Wildman–Crippen MR) is 84.0 cm³/mol. The maximum atomic E-state index is 12.0. The number of carbonyl (C=O) groups excluding carboxylic acids is 1. The number of hydrogen-bond acceptors (Lipinski definition) is 3. The van der Waals surface area contributed by atoms with Gasteiger partial charge in [-0.05, 0) is 43.9 Å². The summed E-state index contributed by atoms with van der Waals surface area (Å²) in [6.07, 6.45) is 2.95. The van der Waals surface area contributed by atoms with E-state index in [1.807, 2.05) is 19.1 Å². The summed E-state index contributed by atoms with van der Waals surface area (Å²) in [4.78, 5) is 23.9. The molecule has 0 atom stereocenters. The van der Waals surface area contributed by atoms with Crippen LogP contribution in [0.4, 0.5) is 0 Å². The lowest BCUT2D eigenvalue weighted by atomic mass is 10.1. The minimum atomic E-state index is -0.130. The fourth-order valence-corrected chi connectivity index (χ4v) is 2.68. The van der Waals surface area contributed by atoms with Crippen LogP contribution in [0.1, 0.15) is 33.6 Å². The number of amides is 1. The fourth-order valence-electron chi connectivity index (χ4n) is 2.68. The van der Waals surface area contributed by atoms with E-state index in [1.165, 1.54) is 4.68 Å². The molecule has 0 saturated carbocycles. The summed E-state index contributed by atoms with van der Waals surface area (Å²) < 4.78 is 1.44. The number of carbonyl (C=O) groups is 1. The van der Waals surface area contributed by atoms with E-state index in [0.717, 1.165) is 36.1 Å². The Labute approximate surface area is 129 Å². The molecule has 1 N–H and O–H groups in total. The number of fused-ring (bicyclic) bond motifs is 1. The second kappa shape index (κ2) is 6.13. The molecule has 22 heavy (non-hydrogen) atoms. The maximum Gasteiger partial charge on any atom is 0.267 e. The Morgan fingerprint density at radius 1 is 1.27 bits per heavy atom. The molecule has 5 heteroatoms. The number of nitrogens with one attached hydrogen (secondary N) is 1. The Morgan fingerprint density at radius 2 is 2.05 bits per heavy atom. The van der Waals surface area contributed by atoms with Gasteiger partial charge in [-0.2, -0.15) is 5.10 Å². The minimum Gasteiger partial charge on any atom is -0.350 e. The van der Waals surface area contributed by atoms with Gasteiger partial charge in [0, 0.05) is 18.2 Å². The molecule has 114 valence electrons. The summed E-state index contributed by atoms with van der Waals surface area (Å²) >= 11 is 0. The van der Waals surface area contributed by atoms with E-state index < -0.39 is 0 Å². The lowest BCUT2D eigenvalue weighted by Crippen LogP contribution is -2.32. The van der Waals surface area contributed by atoms with Crippen LogP contribution in [0.25, 0.3) is 0 Å². The van der Waals surface area contributed by atoms with Gasteiger partial charge in [-0.1, -0.05) is 17.7 Å². The molecule has 1 aromatic carbocycles.